The van der Waals surface area contributed by atoms with Gasteiger partial charge in [0.1, 0.15) is 4.90 Å². The molecule has 0 bridgehead atoms. The Labute approximate surface area is 144 Å². The molecular weight excluding hydrogens is 328 g/mol. The number of aromatic nitrogens is 2. The predicted molar refractivity (Wildman–Crippen MR) is 91.1 cm³/mol. The van der Waals surface area contributed by atoms with Gasteiger partial charge in [-0.25, -0.2) is 13.1 Å². The SMILES string of the molecule is CC1CCCCC1(CN)NS(=O)(=O)c1cnn(C2CCOCC2)c1. The van der Waals surface area contributed by atoms with E-state index in [0.717, 1.165) is 38.5 Å². The predicted octanol–water partition coefficient (Wildman–Crippen LogP) is 1.42. The van der Waals surface area contributed by atoms with Crippen molar-refractivity contribution >= 4 is 10.0 Å². The third-order valence-corrected chi connectivity index (χ3v) is 7.11. The molecule has 2 fully saturated rings. The van der Waals surface area contributed by atoms with Gasteiger partial charge in [-0.15, -0.1) is 0 Å². The highest BCUT2D eigenvalue weighted by Crippen LogP contribution is 2.34. The van der Waals surface area contributed by atoms with E-state index in [-0.39, 0.29) is 16.9 Å². The van der Waals surface area contributed by atoms with Gasteiger partial charge in [0.15, 0.2) is 0 Å². The summed E-state index contributed by atoms with van der Waals surface area (Å²) in [7, 11) is -3.63. The molecule has 0 amide bonds. The van der Waals surface area contributed by atoms with Crippen molar-refractivity contribution < 1.29 is 13.2 Å². The first-order valence-electron chi connectivity index (χ1n) is 8.83. The molecule has 1 aliphatic heterocycles. The minimum absolute atomic E-state index is 0.208. The van der Waals surface area contributed by atoms with E-state index < -0.39 is 15.6 Å². The van der Waals surface area contributed by atoms with E-state index in [1.165, 1.54) is 6.20 Å². The molecule has 2 heterocycles. The normalized spacial score (nSPS) is 29.7. The molecule has 3 rings (SSSR count). The van der Waals surface area contributed by atoms with Gasteiger partial charge in [-0.05, 0) is 31.6 Å². The zero-order valence-electron chi connectivity index (χ0n) is 14.3. The molecule has 7 nitrogen and oxygen atoms in total. The third kappa shape index (κ3) is 3.51. The van der Waals surface area contributed by atoms with Gasteiger partial charge in [0.05, 0.1) is 12.2 Å². The Morgan fingerprint density at radius 3 is 2.79 bits per heavy atom. The Bertz CT molecular complexity index is 654. The molecule has 2 atom stereocenters. The fourth-order valence-electron chi connectivity index (χ4n) is 3.85. The Kier molecular flexibility index (Phi) is 5.29. The van der Waals surface area contributed by atoms with Crippen LogP contribution in [0.1, 0.15) is 51.5 Å². The zero-order valence-corrected chi connectivity index (χ0v) is 15.1. The molecule has 1 aromatic rings. The Hall–Kier alpha value is -0.960. The quantitative estimate of drug-likeness (QED) is 0.831. The number of rotatable bonds is 5. The summed E-state index contributed by atoms with van der Waals surface area (Å²) in [4.78, 5) is 0.222. The lowest BCUT2D eigenvalue weighted by Crippen LogP contribution is -2.58. The molecule has 1 saturated carbocycles. The van der Waals surface area contributed by atoms with Crippen LogP contribution in [-0.4, -0.2) is 43.5 Å². The van der Waals surface area contributed by atoms with E-state index in [1.54, 1.807) is 10.9 Å². The fraction of sp³-hybridized carbons (Fsp3) is 0.812. The van der Waals surface area contributed by atoms with Crippen LogP contribution in [0.3, 0.4) is 0 Å². The largest absolute Gasteiger partial charge is 0.381 e. The molecule has 1 saturated heterocycles. The average molecular weight is 356 g/mol. The van der Waals surface area contributed by atoms with E-state index >= 15 is 0 Å². The minimum atomic E-state index is -3.63. The van der Waals surface area contributed by atoms with Crippen LogP contribution >= 0.6 is 0 Å². The van der Waals surface area contributed by atoms with Gasteiger partial charge in [0, 0.05) is 31.5 Å². The number of ether oxygens (including phenoxy) is 1. The number of hydrogen-bond donors (Lipinski definition) is 2. The van der Waals surface area contributed by atoms with Crippen LogP contribution in [-0.2, 0) is 14.8 Å². The molecule has 8 heteroatoms. The lowest BCUT2D eigenvalue weighted by Gasteiger charge is -2.42. The van der Waals surface area contributed by atoms with Gasteiger partial charge in [-0.1, -0.05) is 19.8 Å². The smallest absolute Gasteiger partial charge is 0.244 e. The van der Waals surface area contributed by atoms with Gasteiger partial charge < -0.3 is 10.5 Å². The molecule has 0 aromatic carbocycles. The van der Waals surface area contributed by atoms with Gasteiger partial charge in [-0.3, -0.25) is 4.68 Å². The van der Waals surface area contributed by atoms with Gasteiger partial charge >= 0.3 is 0 Å². The van der Waals surface area contributed by atoms with Crippen LogP contribution in [0.15, 0.2) is 17.3 Å². The number of nitrogens with two attached hydrogens (primary N) is 1. The van der Waals surface area contributed by atoms with Gasteiger partial charge in [-0.2, -0.15) is 5.10 Å². The summed E-state index contributed by atoms with van der Waals surface area (Å²) in [6.07, 6.45) is 8.72. The van der Waals surface area contributed by atoms with Gasteiger partial charge in [0.25, 0.3) is 0 Å². The molecule has 1 aromatic heterocycles. The monoisotopic (exact) mass is 356 g/mol. The first-order chi connectivity index (χ1) is 11.5. The maximum atomic E-state index is 12.9. The lowest BCUT2D eigenvalue weighted by atomic mass is 9.74. The topological polar surface area (TPSA) is 99.2 Å². The molecule has 1 aliphatic carbocycles. The van der Waals surface area contributed by atoms with Crippen LogP contribution < -0.4 is 10.5 Å². The molecule has 3 N–H and O–H groups in total. The summed E-state index contributed by atoms with van der Waals surface area (Å²) in [6.45, 7) is 3.79. The summed E-state index contributed by atoms with van der Waals surface area (Å²) < 4.78 is 35.7. The maximum absolute atomic E-state index is 12.9. The summed E-state index contributed by atoms with van der Waals surface area (Å²) in [5, 5.41) is 4.28. The number of nitrogens with one attached hydrogen (secondary N) is 1. The first kappa shape index (κ1) is 17.8. The first-order valence-corrected chi connectivity index (χ1v) is 10.3. The van der Waals surface area contributed by atoms with Crippen molar-refractivity contribution in [3.05, 3.63) is 12.4 Å². The van der Waals surface area contributed by atoms with Crippen LogP contribution in [0.5, 0.6) is 0 Å². The molecule has 2 aliphatic rings. The zero-order chi connectivity index (χ0) is 17.2. The highest BCUT2D eigenvalue weighted by atomic mass is 32.2. The van der Waals surface area contributed by atoms with Gasteiger partial charge in [0.2, 0.25) is 10.0 Å². The van der Waals surface area contributed by atoms with Crippen LogP contribution in [0, 0.1) is 5.92 Å². The maximum Gasteiger partial charge on any atom is 0.244 e. The summed E-state index contributed by atoms with van der Waals surface area (Å²) in [5.74, 6) is 0.233. The summed E-state index contributed by atoms with van der Waals surface area (Å²) >= 11 is 0. The third-order valence-electron chi connectivity index (χ3n) is 5.61. The molecule has 24 heavy (non-hydrogen) atoms. The summed E-state index contributed by atoms with van der Waals surface area (Å²) in [5.41, 5.74) is 5.43. The van der Waals surface area contributed by atoms with E-state index in [2.05, 4.69) is 16.7 Å². The second-order valence-electron chi connectivity index (χ2n) is 7.11. The minimum Gasteiger partial charge on any atom is -0.381 e. The van der Waals surface area contributed by atoms with E-state index in [1.807, 2.05) is 0 Å². The van der Waals surface area contributed by atoms with Crippen molar-refractivity contribution in [2.75, 3.05) is 19.8 Å². The summed E-state index contributed by atoms with van der Waals surface area (Å²) in [6, 6.07) is 0.208. The van der Waals surface area contributed by atoms with E-state index in [0.29, 0.717) is 19.8 Å². The van der Waals surface area contributed by atoms with E-state index in [9.17, 15) is 8.42 Å². The average Bonchev–Trinajstić information content (AvgIpc) is 3.09. The standard InChI is InChI=1S/C16H28N4O3S/c1-13-4-2-3-7-16(13,12-17)19-24(21,22)15-10-18-20(11-15)14-5-8-23-9-6-14/h10-11,13-14,19H,2-9,12,17H2,1H3. The molecule has 0 spiro atoms. The van der Waals surface area contributed by atoms with Crippen molar-refractivity contribution in [2.24, 2.45) is 11.7 Å². The van der Waals surface area contributed by atoms with Crippen LogP contribution in [0.2, 0.25) is 0 Å². The van der Waals surface area contributed by atoms with Crippen molar-refractivity contribution in [2.45, 2.75) is 61.9 Å². The second-order valence-corrected chi connectivity index (χ2v) is 8.79. The number of nitrogens with zero attached hydrogens (tertiary/aromatic N) is 2. The number of hydrogen-bond acceptors (Lipinski definition) is 5. The van der Waals surface area contributed by atoms with Crippen LogP contribution in [0.25, 0.3) is 0 Å². The van der Waals surface area contributed by atoms with E-state index in [4.69, 9.17) is 10.5 Å². The Morgan fingerprint density at radius 2 is 2.12 bits per heavy atom. The molecule has 0 radical (unpaired) electrons. The van der Waals surface area contributed by atoms with Crippen LogP contribution in [0.4, 0.5) is 0 Å². The highest BCUT2D eigenvalue weighted by molar-refractivity contribution is 7.89. The lowest BCUT2D eigenvalue weighted by molar-refractivity contribution is 0.0662. The van der Waals surface area contributed by atoms with Crippen molar-refractivity contribution in [3.8, 4) is 0 Å². The number of sulfonamides is 1. The van der Waals surface area contributed by atoms with Crippen molar-refractivity contribution in [1.82, 2.24) is 14.5 Å². The fourth-order valence-corrected chi connectivity index (χ4v) is 5.32. The Balaban J connectivity index is 1.78. The van der Waals surface area contributed by atoms with Crippen molar-refractivity contribution in [3.63, 3.8) is 0 Å². The molecule has 2 unspecified atom stereocenters. The Morgan fingerprint density at radius 1 is 1.38 bits per heavy atom. The van der Waals surface area contributed by atoms with Crippen molar-refractivity contribution in [1.29, 1.82) is 0 Å². The molecule has 136 valence electrons. The highest BCUT2D eigenvalue weighted by Gasteiger charge is 2.41. The molecular formula is C16H28N4O3S. The second kappa shape index (κ2) is 7.11.